The smallest absolute Gasteiger partial charge is 0.00698 e. The van der Waals surface area contributed by atoms with Gasteiger partial charge < -0.3 is 0 Å². The molecule has 0 aliphatic rings. The Morgan fingerprint density at radius 2 is 2.00 bits per heavy atom. The van der Waals surface area contributed by atoms with Gasteiger partial charge >= 0.3 is 0 Å². The molecule has 1 aromatic rings. The van der Waals surface area contributed by atoms with E-state index in [1.165, 1.54) is 22.3 Å². The van der Waals surface area contributed by atoms with Crippen LogP contribution in [0.15, 0.2) is 42.5 Å². The standard InChI is InChI=1S/C14H18/c1-5-13(10-11(2)3)14-9-7-6-8-12(14)4/h5-9H,2,10H2,1,3-4H3. The Morgan fingerprint density at radius 1 is 1.36 bits per heavy atom. The van der Waals surface area contributed by atoms with Crippen LogP contribution >= 0.6 is 0 Å². The van der Waals surface area contributed by atoms with Crippen LogP contribution in [-0.4, -0.2) is 0 Å². The van der Waals surface area contributed by atoms with Gasteiger partial charge in [0.1, 0.15) is 0 Å². The van der Waals surface area contributed by atoms with Gasteiger partial charge in [0.25, 0.3) is 0 Å². The lowest BCUT2D eigenvalue weighted by molar-refractivity contribution is 1.22. The fraction of sp³-hybridized carbons (Fsp3) is 0.286. The fourth-order valence-electron chi connectivity index (χ4n) is 1.61. The molecule has 0 heterocycles. The summed E-state index contributed by atoms with van der Waals surface area (Å²) in [6, 6.07) is 8.49. The second-order valence-electron chi connectivity index (χ2n) is 3.76. The number of rotatable bonds is 3. The molecular formula is C14H18. The first-order valence-corrected chi connectivity index (χ1v) is 5.00. The van der Waals surface area contributed by atoms with Crippen LogP contribution in [0.2, 0.25) is 0 Å². The van der Waals surface area contributed by atoms with Gasteiger partial charge in [0, 0.05) is 0 Å². The maximum Gasteiger partial charge on any atom is -0.00698 e. The molecule has 0 spiro atoms. The van der Waals surface area contributed by atoms with Crippen molar-refractivity contribution >= 4 is 5.57 Å². The van der Waals surface area contributed by atoms with E-state index in [1.807, 2.05) is 0 Å². The summed E-state index contributed by atoms with van der Waals surface area (Å²) in [7, 11) is 0. The molecular weight excluding hydrogens is 168 g/mol. The van der Waals surface area contributed by atoms with Gasteiger partial charge in [-0.2, -0.15) is 0 Å². The van der Waals surface area contributed by atoms with Crippen molar-refractivity contribution in [2.24, 2.45) is 0 Å². The Labute approximate surface area is 87.0 Å². The van der Waals surface area contributed by atoms with Crippen molar-refractivity contribution < 1.29 is 0 Å². The van der Waals surface area contributed by atoms with Gasteiger partial charge in [-0.15, -0.1) is 0 Å². The highest BCUT2D eigenvalue weighted by molar-refractivity contribution is 5.69. The summed E-state index contributed by atoms with van der Waals surface area (Å²) < 4.78 is 0. The van der Waals surface area contributed by atoms with Crippen LogP contribution in [0.4, 0.5) is 0 Å². The van der Waals surface area contributed by atoms with E-state index in [4.69, 9.17) is 0 Å². The maximum atomic E-state index is 3.96. The summed E-state index contributed by atoms with van der Waals surface area (Å²) in [6.45, 7) is 10.3. The molecule has 0 bridgehead atoms. The highest BCUT2D eigenvalue weighted by Crippen LogP contribution is 2.24. The van der Waals surface area contributed by atoms with Crippen molar-refractivity contribution in [2.75, 3.05) is 0 Å². The molecule has 1 rings (SSSR count). The molecule has 14 heavy (non-hydrogen) atoms. The van der Waals surface area contributed by atoms with E-state index in [9.17, 15) is 0 Å². The quantitative estimate of drug-likeness (QED) is 0.615. The van der Waals surface area contributed by atoms with E-state index in [-0.39, 0.29) is 0 Å². The Morgan fingerprint density at radius 3 is 2.50 bits per heavy atom. The summed E-state index contributed by atoms with van der Waals surface area (Å²) >= 11 is 0. The van der Waals surface area contributed by atoms with Crippen LogP contribution < -0.4 is 0 Å². The monoisotopic (exact) mass is 186 g/mol. The number of allylic oxidation sites excluding steroid dienone is 3. The van der Waals surface area contributed by atoms with Crippen molar-refractivity contribution in [3.05, 3.63) is 53.6 Å². The normalized spacial score (nSPS) is 11.5. The van der Waals surface area contributed by atoms with Crippen LogP contribution in [0, 0.1) is 6.92 Å². The molecule has 0 nitrogen and oxygen atoms in total. The molecule has 0 fully saturated rings. The molecule has 0 saturated heterocycles. The molecule has 1 aromatic carbocycles. The number of aryl methyl sites for hydroxylation is 1. The molecule has 0 saturated carbocycles. The predicted molar refractivity (Wildman–Crippen MR) is 64.3 cm³/mol. The molecule has 0 aliphatic heterocycles. The van der Waals surface area contributed by atoms with E-state index < -0.39 is 0 Å². The Bertz CT molecular complexity index is 356. The average molecular weight is 186 g/mol. The lowest BCUT2D eigenvalue weighted by Gasteiger charge is -2.09. The van der Waals surface area contributed by atoms with Crippen LogP contribution in [0.5, 0.6) is 0 Å². The van der Waals surface area contributed by atoms with Crippen LogP contribution in [0.25, 0.3) is 5.57 Å². The van der Waals surface area contributed by atoms with Crippen LogP contribution in [-0.2, 0) is 0 Å². The third-order valence-electron chi connectivity index (χ3n) is 2.33. The third-order valence-corrected chi connectivity index (χ3v) is 2.33. The molecule has 74 valence electrons. The highest BCUT2D eigenvalue weighted by Gasteiger charge is 2.02. The van der Waals surface area contributed by atoms with Gasteiger partial charge in [-0.05, 0) is 43.9 Å². The zero-order valence-corrected chi connectivity index (χ0v) is 9.30. The first kappa shape index (κ1) is 10.8. The van der Waals surface area contributed by atoms with E-state index in [0.29, 0.717) is 0 Å². The van der Waals surface area contributed by atoms with Gasteiger partial charge in [0.15, 0.2) is 0 Å². The minimum atomic E-state index is 0.974. The molecule has 0 amide bonds. The molecule has 0 N–H and O–H groups in total. The van der Waals surface area contributed by atoms with Gasteiger partial charge in [-0.25, -0.2) is 0 Å². The maximum absolute atomic E-state index is 3.96. The lowest BCUT2D eigenvalue weighted by atomic mass is 9.96. The first-order chi connectivity index (χ1) is 6.65. The zero-order valence-electron chi connectivity index (χ0n) is 9.30. The van der Waals surface area contributed by atoms with Crippen molar-refractivity contribution in [3.8, 4) is 0 Å². The Kier molecular flexibility index (Phi) is 3.70. The fourth-order valence-corrected chi connectivity index (χ4v) is 1.61. The number of hydrogen-bond donors (Lipinski definition) is 0. The first-order valence-electron chi connectivity index (χ1n) is 5.00. The van der Waals surface area contributed by atoms with Crippen molar-refractivity contribution in [2.45, 2.75) is 27.2 Å². The molecule has 0 heteroatoms. The minimum absolute atomic E-state index is 0.974. The number of benzene rings is 1. The molecule has 0 radical (unpaired) electrons. The largest absolute Gasteiger partial charge is 0.0998 e. The van der Waals surface area contributed by atoms with E-state index in [0.717, 1.165) is 6.42 Å². The zero-order chi connectivity index (χ0) is 10.6. The van der Waals surface area contributed by atoms with E-state index >= 15 is 0 Å². The second-order valence-corrected chi connectivity index (χ2v) is 3.76. The lowest BCUT2D eigenvalue weighted by Crippen LogP contribution is -1.89. The molecule has 0 aliphatic carbocycles. The minimum Gasteiger partial charge on any atom is -0.0998 e. The average Bonchev–Trinajstić information content (AvgIpc) is 2.15. The summed E-state index contributed by atoms with van der Waals surface area (Å²) in [5, 5.41) is 0. The van der Waals surface area contributed by atoms with Crippen LogP contribution in [0.1, 0.15) is 31.4 Å². The summed E-state index contributed by atoms with van der Waals surface area (Å²) in [4.78, 5) is 0. The Balaban J connectivity index is 3.02. The van der Waals surface area contributed by atoms with Gasteiger partial charge in [-0.3, -0.25) is 0 Å². The van der Waals surface area contributed by atoms with Gasteiger partial charge in [0.05, 0.1) is 0 Å². The highest BCUT2D eigenvalue weighted by atomic mass is 14.1. The number of hydrogen-bond acceptors (Lipinski definition) is 0. The SMILES string of the molecule is C=C(C)CC(=CC)c1ccccc1C. The summed E-state index contributed by atoms with van der Waals surface area (Å²) in [5.74, 6) is 0. The van der Waals surface area contributed by atoms with Crippen molar-refractivity contribution in [3.63, 3.8) is 0 Å². The van der Waals surface area contributed by atoms with Gasteiger partial charge in [-0.1, -0.05) is 42.5 Å². The summed E-state index contributed by atoms with van der Waals surface area (Å²) in [6.07, 6.45) is 3.15. The van der Waals surface area contributed by atoms with Crippen LogP contribution in [0.3, 0.4) is 0 Å². The predicted octanol–water partition coefficient (Wildman–Crippen LogP) is 4.36. The summed E-state index contributed by atoms with van der Waals surface area (Å²) in [5.41, 5.74) is 5.26. The molecule has 0 unspecified atom stereocenters. The third kappa shape index (κ3) is 2.59. The Hall–Kier alpha value is -1.30. The van der Waals surface area contributed by atoms with Gasteiger partial charge in [0.2, 0.25) is 0 Å². The van der Waals surface area contributed by atoms with Crippen molar-refractivity contribution in [1.82, 2.24) is 0 Å². The topological polar surface area (TPSA) is 0 Å². The van der Waals surface area contributed by atoms with Crippen molar-refractivity contribution in [1.29, 1.82) is 0 Å². The molecule has 0 atom stereocenters. The van der Waals surface area contributed by atoms with E-state index in [1.54, 1.807) is 0 Å². The van der Waals surface area contributed by atoms with E-state index in [2.05, 4.69) is 57.7 Å². The molecule has 0 aromatic heterocycles. The second kappa shape index (κ2) is 4.80.